The zero-order chi connectivity index (χ0) is 11.6. The number of nitrogens with zero attached hydrogens (tertiary/aromatic N) is 1. The summed E-state index contributed by atoms with van der Waals surface area (Å²) < 4.78 is 26.3. The first-order valence-electron chi connectivity index (χ1n) is 5.34. The SMILES string of the molecule is CN([C@@H]1CCCNC1)S(=O)(=O)c1cccs1.Cl. The average molecular weight is 297 g/mol. The molecule has 1 N–H and O–H groups in total. The van der Waals surface area contributed by atoms with E-state index in [9.17, 15) is 8.42 Å². The summed E-state index contributed by atoms with van der Waals surface area (Å²) in [5, 5.41) is 5.02. The zero-order valence-corrected chi connectivity index (χ0v) is 12.1. The second-order valence-corrected chi connectivity index (χ2v) is 7.13. The molecule has 98 valence electrons. The van der Waals surface area contributed by atoms with E-state index >= 15 is 0 Å². The van der Waals surface area contributed by atoms with Crippen LogP contribution in [0.3, 0.4) is 0 Å². The molecule has 17 heavy (non-hydrogen) atoms. The van der Waals surface area contributed by atoms with E-state index in [1.54, 1.807) is 24.6 Å². The van der Waals surface area contributed by atoms with E-state index in [1.165, 1.54) is 15.6 Å². The lowest BCUT2D eigenvalue weighted by Crippen LogP contribution is -2.46. The van der Waals surface area contributed by atoms with Crippen LogP contribution in [0.2, 0.25) is 0 Å². The maximum Gasteiger partial charge on any atom is 0.252 e. The second kappa shape index (κ2) is 6.15. The van der Waals surface area contributed by atoms with Crippen molar-refractivity contribution in [2.75, 3.05) is 20.1 Å². The Bertz CT molecular complexity index is 427. The molecule has 7 heteroatoms. The molecule has 0 amide bonds. The summed E-state index contributed by atoms with van der Waals surface area (Å²) in [7, 11) is -1.61. The van der Waals surface area contributed by atoms with Crippen molar-refractivity contribution in [1.82, 2.24) is 9.62 Å². The Labute approximate surface area is 112 Å². The molecule has 0 aromatic carbocycles. The highest BCUT2D eigenvalue weighted by Crippen LogP contribution is 2.23. The summed E-state index contributed by atoms with van der Waals surface area (Å²) in [6.07, 6.45) is 1.98. The molecule has 0 bridgehead atoms. The summed E-state index contributed by atoms with van der Waals surface area (Å²) in [6.45, 7) is 1.74. The van der Waals surface area contributed by atoms with Crippen LogP contribution in [0.1, 0.15) is 12.8 Å². The van der Waals surface area contributed by atoms with Crippen LogP contribution in [-0.4, -0.2) is 38.9 Å². The van der Waals surface area contributed by atoms with Crippen molar-refractivity contribution in [3.63, 3.8) is 0 Å². The van der Waals surface area contributed by atoms with Crippen molar-refractivity contribution in [3.05, 3.63) is 17.5 Å². The number of rotatable bonds is 3. The van der Waals surface area contributed by atoms with E-state index in [1.807, 2.05) is 0 Å². The van der Waals surface area contributed by atoms with Crippen molar-refractivity contribution < 1.29 is 8.42 Å². The lowest BCUT2D eigenvalue weighted by Gasteiger charge is -2.30. The molecule has 0 spiro atoms. The van der Waals surface area contributed by atoms with Crippen molar-refractivity contribution >= 4 is 33.8 Å². The molecule has 2 heterocycles. The molecule has 0 unspecified atom stereocenters. The Balaban J connectivity index is 0.00000144. The molecule has 0 radical (unpaired) electrons. The number of hydrogen-bond acceptors (Lipinski definition) is 4. The monoisotopic (exact) mass is 296 g/mol. The van der Waals surface area contributed by atoms with E-state index in [0.29, 0.717) is 4.21 Å². The summed E-state index contributed by atoms with van der Waals surface area (Å²) >= 11 is 1.27. The van der Waals surface area contributed by atoms with Gasteiger partial charge < -0.3 is 5.32 Å². The summed E-state index contributed by atoms with van der Waals surface area (Å²) in [6, 6.07) is 3.51. The number of piperidine rings is 1. The van der Waals surface area contributed by atoms with Crippen LogP contribution in [0.4, 0.5) is 0 Å². The van der Waals surface area contributed by atoms with Gasteiger partial charge in [0.15, 0.2) is 0 Å². The van der Waals surface area contributed by atoms with Gasteiger partial charge >= 0.3 is 0 Å². The van der Waals surface area contributed by atoms with Crippen molar-refractivity contribution in [2.24, 2.45) is 0 Å². The molecule has 2 rings (SSSR count). The molecule has 1 aromatic rings. The quantitative estimate of drug-likeness (QED) is 0.920. The Kier molecular flexibility index (Phi) is 5.40. The first-order valence-corrected chi connectivity index (χ1v) is 7.66. The van der Waals surface area contributed by atoms with Gasteiger partial charge in [-0.3, -0.25) is 0 Å². The fourth-order valence-electron chi connectivity index (χ4n) is 1.89. The van der Waals surface area contributed by atoms with Crippen molar-refractivity contribution in [2.45, 2.75) is 23.1 Å². The van der Waals surface area contributed by atoms with Gasteiger partial charge in [-0.2, -0.15) is 4.31 Å². The normalized spacial score (nSPS) is 21.2. The predicted molar refractivity (Wildman–Crippen MR) is 72.4 cm³/mol. The van der Waals surface area contributed by atoms with E-state index < -0.39 is 10.0 Å². The van der Waals surface area contributed by atoms with Crippen LogP contribution in [0.25, 0.3) is 0 Å². The third-order valence-electron chi connectivity index (χ3n) is 2.91. The van der Waals surface area contributed by atoms with Gasteiger partial charge in [-0.1, -0.05) is 6.07 Å². The van der Waals surface area contributed by atoms with Gasteiger partial charge in [0.1, 0.15) is 4.21 Å². The lowest BCUT2D eigenvalue weighted by molar-refractivity contribution is 0.300. The first kappa shape index (κ1) is 14.9. The highest BCUT2D eigenvalue weighted by molar-refractivity contribution is 7.91. The molecule has 1 aromatic heterocycles. The molecule has 0 aliphatic carbocycles. The zero-order valence-electron chi connectivity index (χ0n) is 9.63. The molecular formula is C10H17ClN2O2S2. The van der Waals surface area contributed by atoms with Crippen molar-refractivity contribution in [1.29, 1.82) is 0 Å². The fourth-order valence-corrected chi connectivity index (χ4v) is 4.45. The van der Waals surface area contributed by atoms with Gasteiger partial charge in [-0.05, 0) is 30.8 Å². The molecule has 1 aliphatic rings. The van der Waals surface area contributed by atoms with Gasteiger partial charge in [-0.25, -0.2) is 8.42 Å². The molecule has 1 aliphatic heterocycles. The lowest BCUT2D eigenvalue weighted by atomic mass is 10.1. The minimum absolute atomic E-state index is 0. The van der Waals surface area contributed by atoms with E-state index in [4.69, 9.17) is 0 Å². The number of nitrogens with one attached hydrogen (secondary N) is 1. The molecule has 0 saturated carbocycles. The maximum atomic E-state index is 12.2. The Morgan fingerprint density at radius 1 is 1.53 bits per heavy atom. The van der Waals surface area contributed by atoms with Gasteiger partial charge in [-0.15, -0.1) is 23.7 Å². The smallest absolute Gasteiger partial charge is 0.252 e. The molecule has 1 fully saturated rings. The fraction of sp³-hybridized carbons (Fsp3) is 0.600. The number of halogens is 1. The summed E-state index contributed by atoms with van der Waals surface area (Å²) in [5.74, 6) is 0. The van der Waals surface area contributed by atoms with E-state index in [0.717, 1.165) is 25.9 Å². The van der Waals surface area contributed by atoms with Gasteiger partial charge in [0.05, 0.1) is 0 Å². The largest absolute Gasteiger partial charge is 0.315 e. The van der Waals surface area contributed by atoms with Crippen LogP contribution in [0, 0.1) is 0 Å². The molecule has 1 saturated heterocycles. The maximum absolute atomic E-state index is 12.2. The third kappa shape index (κ3) is 3.20. The van der Waals surface area contributed by atoms with Crippen LogP contribution in [-0.2, 0) is 10.0 Å². The average Bonchev–Trinajstić information content (AvgIpc) is 2.83. The topological polar surface area (TPSA) is 49.4 Å². The first-order chi connectivity index (χ1) is 7.62. The minimum atomic E-state index is -3.28. The Hall–Kier alpha value is -0.140. The van der Waals surface area contributed by atoms with E-state index in [2.05, 4.69) is 5.32 Å². The Morgan fingerprint density at radius 2 is 2.29 bits per heavy atom. The van der Waals surface area contributed by atoms with Gasteiger partial charge in [0.2, 0.25) is 0 Å². The predicted octanol–water partition coefficient (Wildman–Crippen LogP) is 1.54. The molecule has 1 atom stereocenters. The Morgan fingerprint density at radius 3 is 2.82 bits per heavy atom. The van der Waals surface area contributed by atoms with Crippen LogP contribution >= 0.6 is 23.7 Å². The van der Waals surface area contributed by atoms with Crippen LogP contribution in [0.5, 0.6) is 0 Å². The molecule has 4 nitrogen and oxygen atoms in total. The van der Waals surface area contributed by atoms with Crippen LogP contribution in [0.15, 0.2) is 21.7 Å². The summed E-state index contributed by atoms with van der Waals surface area (Å²) in [4.78, 5) is 0. The van der Waals surface area contributed by atoms with E-state index in [-0.39, 0.29) is 18.4 Å². The van der Waals surface area contributed by atoms with Crippen molar-refractivity contribution in [3.8, 4) is 0 Å². The van der Waals surface area contributed by atoms with Gasteiger partial charge in [0, 0.05) is 19.6 Å². The summed E-state index contributed by atoms with van der Waals surface area (Å²) in [5.41, 5.74) is 0. The number of sulfonamides is 1. The highest BCUT2D eigenvalue weighted by Gasteiger charge is 2.29. The second-order valence-electron chi connectivity index (χ2n) is 3.95. The third-order valence-corrected chi connectivity index (χ3v) is 6.20. The number of likely N-dealkylation sites (N-methyl/N-ethyl adjacent to an activating group) is 1. The van der Waals surface area contributed by atoms with Crippen LogP contribution < -0.4 is 5.32 Å². The number of hydrogen-bond donors (Lipinski definition) is 1. The minimum Gasteiger partial charge on any atom is -0.315 e. The highest BCUT2D eigenvalue weighted by atomic mass is 35.5. The molecular weight excluding hydrogens is 280 g/mol. The number of thiophene rings is 1. The standard InChI is InChI=1S/C10H16N2O2S2.ClH/c1-12(9-4-2-6-11-8-9)16(13,14)10-5-3-7-15-10;/h3,5,7,9,11H,2,4,6,8H2,1H3;1H/t9-;/m1./s1. The van der Waals surface area contributed by atoms with Gasteiger partial charge in [0.25, 0.3) is 10.0 Å².